The Kier molecular flexibility index (Phi) is 5.04. The van der Waals surface area contributed by atoms with E-state index >= 15 is 0 Å². The van der Waals surface area contributed by atoms with E-state index in [1.807, 2.05) is 25.1 Å². The minimum atomic E-state index is -0.258. The number of rotatable bonds is 4. The summed E-state index contributed by atoms with van der Waals surface area (Å²) in [5, 5.41) is 3.35. The number of ether oxygens (including phenoxy) is 1. The number of carbonyl (C=O) groups excluding carboxylic acids is 1. The third-order valence-corrected chi connectivity index (χ3v) is 5.16. The van der Waals surface area contributed by atoms with Crippen LogP contribution in [0.4, 0.5) is 9.52 Å². The molecule has 0 atom stereocenters. The Morgan fingerprint density at radius 2 is 2.04 bits per heavy atom. The Bertz CT molecular complexity index is 1080. The highest BCUT2D eigenvalue weighted by atomic mass is 32.1. The van der Waals surface area contributed by atoms with Crippen LogP contribution < -0.4 is 10.1 Å². The first-order valence-corrected chi connectivity index (χ1v) is 9.54. The van der Waals surface area contributed by atoms with E-state index in [2.05, 4.69) is 10.3 Å². The standard InChI is InChI=1S/C22H17FN2O2S/c1-14-2-7-20-17(10-14)12-16(8-9-27-20)21(26)25-22-24-13-19(28-22)11-15-3-5-18(23)6-4-15/h2-10,12-13H,11H2,1H3,(H,24,25,26). The number of fused-ring (bicyclic) bond motifs is 1. The van der Waals surface area contributed by atoms with E-state index in [1.165, 1.54) is 29.7 Å². The maximum Gasteiger partial charge on any atom is 0.257 e. The molecule has 1 aromatic heterocycles. The van der Waals surface area contributed by atoms with Crippen molar-refractivity contribution in [2.24, 2.45) is 0 Å². The van der Waals surface area contributed by atoms with E-state index in [4.69, 9.17) is 4.74 Å². The summed E-state index contributed by atoms with van der Waals surface area (Å²) >= 11 is 1.40. The SMILES string of the molecule is Cc1ccc2c(c1)C=C(C(=O)Nc1ncc(Cc3ccc(F)cc3)s1)C=CO2. The second-order valence-corrected chi connectivity index (χ2v) is 7.57. The van der Waals surface area contributed by atoms with Crippen molar-refractivity contribution in [3.63, 3.8) is 0 Å². The van der Waals surface area contributed by atoms with Gasteiger partial charge in [0, 0.05) is 28.6 Å². The van der Waals surface area contributed by atoms with Gasteiger partial charge >= 0.3 is 0 Å². The molecule has 0 saturated carbocycles. The lowest BCUT2D eigenvalue weighted by atomic mass is 10.1. The number of aromatic nitrogens is 1. The largest absolute Gasteiger partial charge is 0.464 e. The van der Waals surface area contributed by atoms with Gasteiger partial charge in [-0.2, -0.15) is 0 Å². The van der Waals surface area contributed by atoms with Gasteiger partial charge in [-0.15, -0.1) is 11.3 Å². The zero-order chi connectivity index (χ0) is 19.5. The number of amides is 1. The molecule has 0 saturated heterocycles. The van der Waals surface area contributed by atoms with Crippen LogP contribution in [0.5, 0.6) is 5.75 Å². The van der Waals surface area contributed by atoms with Gasteiger partial charge in [0.2, 0.25) is 0 Å². The zero-order valence-corrected chi connectivity index (χ0v) is 15.9. The molecule has 3 aromatic rings. The average Bonchev–Trinajstić information content (AvgIpc) is 2.99. The Morgan fingerprint density at radius 1 is 1.21 bits per heavy atom. The molecule has 0 fully saturated rings. The second-order valence-electron chi connectivity index (χ2n) is 6.45. The van der Waals surface area contributed by atoms with Gasteiger partial charge in [-0.1, -0.05) is 23.8 Å². The fraction of sp³-hybridized carbons (Fsp3) is 0.0909. The number of carbonyl (C=O) groups is 1. The summed E-state index contributed by atoms with van der Waals surface area (Å²) in [5.41, 5.74) is 3.41. The predicted octanol–water partition coefficient (Wildman–Crippen LogP) is 5.11. The van der Waals surface area contributed by atoms with Crippen molar-refractivity contribution in [3.8, 4) is 5.75 Å². The number of nitrogens with zero attached hydrogens (tertiary/aromatic N) is 1. The first kappa shape index (κ1) is 18.1. The lowest BCUT2D eigenvalue weighted by Crippen LogP contribution is -2.12. The number of thiazole rings is 1. The number of anilines is 1. The third kappa shape index (κ3) is 4.18. The van der Waals surface area contributed by atoms with Crippen molar-refractivity contribution < 1.29 is 13.9 Å². The van der Waals surface area contributed by atoms with Crippen LogP contribution >= 0.6 is 11.3 Å². The molecule has 2 aromatic carbocycles. The second kappa shape index (κ2) is 7.78. The van der Waals surface area contributed by atoms with Crippen LogP contribution in [0.3, 0.4) is 0 Å². The molecule has 4 nitrogen and oxygen atoms in total. The van der Waals surface area contributed by atoms with Crippen LogP contribution in [0.2, 0.25) is 0 Å². The normalized spacial score (nSPS) is 12.6. The minimum Gasteiger partial charge on any atom is -0.464 e. The number of hydrogen-bond donors (Lipinski definition) is 1. The van der Waals surface area contributed by atoms with Crippen molar-refractivity contribution in [2.75, 3.05) is 5.32 Å². The summed E-state index contributed by atoms with van der Waals surface area (Å²) in [4.78, 5) is 17.9. The summed E-state index contributed by atoms with van der Waals surface area (Å²) in [5.74, 6) is 0.198. The van der Waals surface area contributed by atoms with Crippen LogP contribution in [0, 0.1) is 12.7 Å². The molecule has 28 heavy (non-hydrogen) atoms. The number of hydrogen-bond acceptors (Lipinski definition) is 4. The van der Waals surface area contributed by atoms with Crippen molar-refractivity contribution in [1.29, 1.82) is 0 Å². The van der Waals surface area contributed by atoms with Gasteiger partial charge in [-0.25, -0.2) is 9.37 Å². The third-order valence-electron chi connectivity index (χ3n) is 4.25. The Labute approximate surface area is 166 Å². The summed E-state index contributed by atoms with van der Waals surface area (Å²) < 4.78 is 18.6. The van der Waals surface area contributed by atoms with Crippen LogP contribution in [0.25, 0.3) is 6.08 Å². The van der Waals surface area contributed by atoms with Gasteiger partial charge in [0.25, 0.3) is 5.91 Å². The number of aryl methyl sites for hydroxylation is 1. The molecule has 0 radical (unpaired) electrons. The molecular weight excluding hydrogens is 375 g/mol. The number of nitrogens with one attached hydrogen (secondary N) is 1. The highest BCUT2D eigenvalue weighted by Gasteiger charge is 2.14. The van der Waals surface area contributed by atoms with Gasteiger partial charge in [0.1, 0.15) is 11.6 Å². The van der Waals surface area contributed by atoms with E-state index in [0.717, 1.165) is 21.6 Å². The first-order chi connectivity index (χ1) is 13.6. The molecule has 0 bridgehead atoms. The van der Waals surface area contributed by atoms with Gasteiger partial charge in [0.15, 0.2) is 5.13 Å². The molecule has 0 unspecified atom stereocenters. The van der Waals surface area contributed by atoms with Crippen LogP contribution in [-0.4, -0.2) is 10.9 Å². The van der Waals surface area contributed by atoms with Crippen molar-refractivity contribution >= 4 is 28.5 Å². The molecular formula is C22H17FN2O2S. The van der Waals surface area contributed by atoms with Gasteiger partial charge < -0.3 is 4.74 Å². The van der Waals surface area contributed by atoms with Crippen LogP contribution in [0.15, 0.2) is 66.6 Å². The van der Waals surface area contributed by atoms with E-state index in [1.54, 1.807) is 30.5 Å². The molecule has 1 aliphatic heterocycles. The summed E-state index contributed by atoms with van der Waals surface area (Å²) in [6.07, 6.45) is 7.31. The van der Waals surface area contributed by atoms with E-state index < -0.39 is 0 Å². The van der Waals surface area contributed by atoms with Gasteiger partial charge in [-0.05, 0) is 48.9 Å². The lowest BCUT2D eigenvalue weighted by molar-refractivity contribution is -0.112. The molecule has 140 valence electrons. The monoisotopic (exact) mass is 392 g/mol. The molecule has 2 heterocycles. The summed E-state index contributed by atoms with van der Waals surface area (Å²) in [6.45, 7) is 1.99. The zero-order valence-electron chi connectivity index (χ0n) is 15.1. The first-order valence-electron chi connectivity index (χ1n) is 8.73. The maximum absolute atomic E-state index is 13.0. The van der Waals surface area contributed by atoms with E-state index in [0.29, 0.717) is 22.9 Å². The quantitative estimate of drug-likeness (QED) is 0.671. The number of halogens is 1. The topological polar surface area (TPSA) is 51.2 Å². The lowest BCUT2D eigenvalue weighted by Gasteiger charge is -2.04. The minimum absolute atomic E-state index is 0.253. The van der Waals surface area contributed by atoms with Crippen LogP contribution in [-0.2, 0) is 11.2 Å². The predicted molar refractivity (Wildman–Crippen MR) is 109 cm³/mol. The van der Waals surface area contributed by atoms with Crippen LogP contribution in [0.1, 0.15) is 21.6 Å². The highest BCUT2D eigenvalue weighted by molar-refractivity contribution is 7.15. The van der Waals surface area contributed by atoms with Crippen molar-refractivity contribution in [2.45, 2.75) is 13.3 Å². The Hall–Kier alpha value is -3.25. The molecule has 1 N–H and O–H groups in total. The molecule has 1 aliphatic rings. The highest BCUT2D eigenvalue weighted by Crippen LogP contribution is 2.27. The molecule has 4 rings (SSSR count). The van der Waals surface area contributed by atoms with Crippen molar-refractivity contribution in [1.82, 2.24) is 4.98 Å². The molecule has 0 aliphatic carbocycles. The summed E-state index contributed by atoms with van der Waals surface area (Å²) in [6, 6.07) is 12.2. The fourth-order valence-electron chi connectivity index (χ4n) is 2.85. The maximum atomic E-state index is 13.0. The fourth-order valence-corrected chi connectivity index (χ4v) is 3.69. The van der Waals surface area contributed by atoms with Gasteiger partial charge in [0.05, 0.1) is 6.26 Å². The number of benzene rings is 2. The molecule has 6 heteroatoms. The molecule has 0 spiro atoms. The van der Waals surface area contributed by atoms with E-state index in [9.17, 15) is 9.18 Å². The Morgan fingerprint density at radius 3 is 2.86 bits per heavy atom. The Balaban J connectivity index is 1.48. The molecule has 1 amide bonds. The van der Waals surface area contributed by atoms with Gasteiger partial charge in [-0.3, -0.25) is 10.1 Å². The van der Waals surface area contributed by atoms with Crippen molar-refractivity contribution in [3.05, 3.63) is 94.0 Å². The average molecular weight is 392 g/mol. The van der Waals surface area contributed by atoms with E-state index in [-0.39, 0.29) is 11.7 Å². The smallest absolute Gasteiger partial charge is 0.257 e. The summed E-state index contributed by atoms with van der Waals surface area (Å²) in [7, 11) is 0.